The monoisotopic (exact) mass is 510 g/mol. The third kappa shape index (κ3) is 6.23. The van der Waals surface area contributed by atoms with Crippen LogP contribution in [0.5, 0.6) is 5.75 Å². The van der Waals surface area contributed by atoms with Crippen molar-refractivity contribution in [3.05, 3.63) is 28.8 Å². The first-order valence-corrected chi connectivity index (χ1v) is 12.2. The van der Waals surface area contributed by atoms with Gasteiger partial charge in [-0.2, -0.15) is 21.6 Å². The third-order valence-corrected chi connectivity index (χ3v) is 6.71. The Labute approximate surface area is 204 Å². The van der Waals surface area contributed by atoms with E-state index in [1.165, 1.54) is 0 Å². The van der Waals surface area contributed by atoms with Crippen LogP contribution in [0.4, 0.5) is 13.2 Å². The summed E-state index contributed by atoms with van der Waals surface area (Å²) in [7, 11) is 12.1. The van der Waals surface area contributed by atoms with Gasteiger partial charge in [-0.05, 0) is 24.0 Å². The molecular formula is C20H20B3F3O8S. The van der Waals surface area contributed by atoms with E-state index in [9.17, 15) is 31.2 Å². The van der Waals surface area contributed by atoms with Gasteiger partial charge in [-0.25, -0.2) is 0 Å². The maximum Gasteiger partial charge on any atom is 0.426 e. The van der Waals surface area contributed by atoms with Crippen molar-refractivity contribution in [2.45, 2.75) is 56.3 Å². The molecule has 0 spiro atoms. The van der Waals surface area contributed by atoms with Crippen molar-refractivity contribution >= 4 is 45.6 Å². The van der Waals surface area contributed by atoms with Crippen molar-refractivity contribution in [1.29, 1.82) is 0 Å². The van der Waals surface area contributed by atoms with Crippen LogP contribution in [0, 0.1) is 11.8 Å². The van der Waals surface area contributed by atoms with Gasteiger partial charge >= 0.3 is 18.1 Å². The Kier molecular flexibility index (Phi) is 8.32. The number of carbonyl (C=O) groups is 2. The fourth-order valence-corrected chi connectivity index (χ4v) is 5.07. The fraction of sp³-hybridized carbons (Fsp3) is 0.600. The summed E-state index contributed by atoms with van der Waals surface area (Å²) < 4.78 is 86.1. The van der Waals surface area contributed by atoms with E-state index in [-0.39, 0.29) is 31.1 Å². The number of benzene rings is 1. The van der Waals surface area contributed by atoms with Gasteiger partial charge in [0.25, 0.3) is 10.1 Å². The number of halogens is 3. The van der Waals surface area contributed by atoms with E-state index in [1.54, 1.807) is 12.1 Å². The normalized spacial score (nSPS) is 24.8. The number of esters is 2. The van der Waals surface area contributed by atoms with Gasteiger partial charge in [0.05, 0.1) is 47.6 Å². The lowest BCUT2D eigenvalue weighted by molar-refractivity contribution is -0.219. The Bertz CT molecular complexity index is 1060. The second-order valence-electron chi connectivity index (χ2n) is 8.33. The Morgan fingerprint density at radius 1 is 1.03 bits per heavy atom. The molecule has 1 N–H and O–H groups in total. The quantitative estimate of drug-likeness (QED) is 0.224. The van der Waals surface area contributed by atoms with Crippen molar-refractivity contribution in [3.8, 4) is 5.75 Å². The molecule has 0 saturated carbocycles. The zero-order valence-electron chi connectivity index (χ0n) is 18.4. The Morgan fingerprint density at radius 2 is 1.54 bits per heavy atom. The van der Waals surface area contributed by atoms with E-state index in [0.717, 1.165) is 0 Å². The van der Waals surface area contributed by atoms with Gasteiger partial charge in [-0.1, -0.05) is 36.7 Å². The lowest BCUT2D eigenvalue weighted by Gasteiger charge is -2.28. The summed E-state index contributed by atoms with van der Waals surface area (Å²) in [5.41, 5.74) is 1.51. The maximum atomic E-state index is 13.2. The van der Waals surface area contributed by atoms with Gasteiger partial charge in [0.2, 0.25) is 6.10 Å². The predicted molar refractivity (Wildman–Crippen MR) is 118 cm³/mol. The maximum absolute atomic E-state index is 13.2. The van der Waals surface area contributed by atoms with Crippen LogP contribution >= 0.6 is 0 Å². The molecule has 0 aromatic heterocycles. The number of hydrogen-bond donors (Lipinski definition) is 1. The van der Waals surface area contributed by atoms with Crippen molar-refractivity contribution < 1.29 is 49.9 Å². The topological polar surface area (TPSA) is 116 Å². The molecule has 1 aromatic rings. The Balaban J connectivity index is 1.87. The first kappa shape index (κ1) is 27.6. The number of ether oxygens (including phenoxy) is 3. The number of rotatable bonds is 9. The molecule has 2 aliphatic rings. The van der Waals surface area contributed by atoms with E-state index in [4.69, 9.17) is 37.6 Å². The van der Waals surface area contributed by atoms with Gasteiger partial charge in [0.1, 0.15) is 11.5 Å². The summed E-state index contributed by atoms with van der Waals surface area (Å²) in [5.74, 6) is -7.05. The number of fused-ring (bicyclic) bond motifs is 2. The van der Waals surface area contributed by atoms with Crippen LogP contribution in [0.3, 0.4) is 0 Å². The summed E-state index contributed by atoms with van der Waals surface area (Å²) in [5, 5.41) is 0. The van der Waals surface area contributed by atoms with E-state index < -0.39 is 64.1 Å². The molecule has 15 heteroatoms. The lowest BCUT2D eigenvalue weighted by Crippen LogP contribution is -2.46. The van der Waals surface area contributed by atoms with Gasteiger partial charge in [-0.3, -0.25) is 14.1 Å². The average molecular weight is 510 g/mol. The molecule has 0 aliphatic carbocycles. The highest BCUT2D eigenvalue weighted by atomic mass is 32.2. The Hall–Kier alpha value is -1.99. The molecule has 2 heterocycles. The summed E-state index contributed by atoms with van der Waals surface area (Å²) in [6.45, 7) is 0. The smallest absolute Gasteiger partial charge is 0.426 e. The van der Waals surface area contributed by atoms with E-state index >= 15 is 0 Å². The molecule has 2 bridgehead atoms. The van der Waals surface area contributed by atoms with Crippen LogP contribution in [-0.4, -0.2) is 78.7 Å². The molecule has 8 nitrogen and oxygen atoms in total. The molecular weight excluding hydrogens is 490 g/mol. The van der Waals surface area contributed by atoms with Gasteiger partial charge in [-0.15, -0.1) is 0 Å². The van der Waals surface area contributed by atoms with Gasteiger partial charge in [0.15, 0.2) is 0 Å². The van der Waals surface area contributed by atoms with Crippen molar-refractivity contribution in [3.63, 3.8) is 0 Å². The average Bonchev–Trinajstić information content (AvgIpc) is 3.38. The highest BCUT2D eigenvalue weighted by Crippen LogP contribution is 2.45. The Morgan fingerprint density at radius 3 is 1.97 bits per heavy atom. The first-order chi connectivity index (χ1) is 16.3. The summed E-state index contributed by atoms with van der Waals surface area (Å²) in [6, 6.07) is 3.24. The molecule has 5 atom stereocenters. The molecule has 3 rings (SSSR count). The van der Waals surface area contributed by atoms with E-state index in [0.29, 0.717) is 23.1 Å². The summed E-state index contributed by atoms with van der Waals surface area (Å²) >= 11 is 0. The molecule has 6 radical (unpaired) electrons. The van der Waals surface area contributed by atoms with E-state index in [2.05, 4.69) is 4.74 Å². The fourth-order valence-electron chi connectivity index (χ4n) is 4.43. The molecule has 35 heavy (non-hydrogen) atoms. The third-order valence-electron chi connectivity index (χ3n) is 5.98. The second kappa shape index (κ2) is 10.6. The molecule has 184 valence electrons. The lowest BCUT2D eigenvalue weighted by atomic mass is 9.79. The molecule has 2 fully saturated rings. The predicted octanol–water partition coefficient (Wildman–Crippen LogP) is 0.753. The van der Waals surface area contributed by atoms with Crippen LogP contribution in [-0.2, 0) is 48.1 Å². The van der Waals surface area contributed by atoms with Gasteiger partial charge < -0.3 is 14.2 Å². The zero-order valence-corrected chi connectivity index (χ0v) is 19.2. The minimum atomic E-state index is -5.28. The highest BCUT2D eigenvalue weighted by Gasteiger charge is 2.58. The SMILES string of the molecule is [B]Cc1cc(C[B])c(OC(=O)C2C3CCC(O3)C2C(=O)OC(CS(=O)(=O)O)C(F)(F)F)c(C[B])c1. The summed E-state index contributed by atoms with van der Waals surface area (Å²) in [6.07, 6.45) is -9.43. The number of hydrogen-bond acceptors (Lipinski definition) is 7. The number of carbonyl (C=O) groups excluding carboxylic acids is 2. The minimum Gasteiger partial charge on any atom is -0.451 e. The summed E-state index contributed by atoms with van der Waals surface area (Å²) in [4.78, 5) is 25.9. The standard InChI is InChI=1S/C20H20B3F3O8S/c21-5-9-3-10(6-22)17(11(4-9)7-23)34-19(28)16-13-2-1-12(32-13)15(16)18(27)33-14(20(24,25)26)8-35(29,30)31/h3-4,12-16H,1-2,5-8H2,(H,29,30,31). The van der Waals surface area contributed by atoms with Crippen LogP contribution in [0.2, 0.25) is 0 Å². The molecule has 1 aromatic carbocycles. The first-order valence-electron chi connectivity index (χ1n) is 10.6. The molecule has 2 aliphatic heterocycles. The van der Waals surface area contributed by atoms with E-state index in [1.807, 2.05) is 0 Å². The second-order valence-corrected chi connectivity index (χ2v) is 9.83. The van der Waals surface area contributed by atoms with Gasteiger partial charge in [0, 0.05) is 0 Å². The van der Waals surface area contributed by atoms with Crippen LogP contribution in [0.15, 0.2) is 12.1 Å². The zero-order chi connectivity index (χ0) is 26.1. The van der Waals surface area contributed by atoms with Crippen molar-refractivity contribution in [1.82, 2.24) is 0 Å². The minimum absolute atomic E-state index is 0.0367. The largest absolute Gasteiger partial charge is 0.451 e. The van der Waals surface area contributed by atoms with Crippen molar-refractivity contribution in [2.24, 2.45) is 11.8 Å². The number of alkyl halides is 3. The van der Waals surface area contributed by atoms with Crippen LogP contribution in [0.25, 0.3) is 0 Å². The van der Waals surface area contributed by atoms with Crippen molar-refractivity contribution in [2.75, 3.05) is 5.75 Å². The molecule has 2 saturated heterocycles. The van der Waals surface area contributed by atoms with Crippen LogP contribution < -0.4 is 4.74 Å². The molecule has 0 amide bonds. The van der Waals surface area contributed by atoms with Crippen LogP contribution in [0.1, 0.15) is 29.5 Å². The highest BCUT2D eigenvalue weighted by molar-refractivity contribution is 7.85. The molecule has 5 unspecified atom stereocenters.